The first kappa shape index (κ1) is 16.9. The van der Waals surface area contributed by atoms with Gasteiger partial charge in [-0.1, -0.05) is 22.0 Å². The molecule has 0 fully saturated rings. The molecule has 0 atom stereocenters. The van der Waals surface area contributed by atoms with Crippen LogP contribution in [0.4, 0.5) is 5.69 Å². The molecule has 0 aliphatic heterocycles. The van der Waals surface area contributed by atoms with Gasteiger partial charge in [-0.3, -0.25) is 14.5 Å². The van der Waals surface area contributed by atoms with E-state index < -0.39 is 0 Å². The summed E-state index contributed by atoms with van der Waals surface area (Å²) in [5.74, 6) is -0.292. The number of halogens is 2. The number of amides is 1. The standard InChI is InChI=1S/C17H12Br2N6O/c18-11-8-21-25(9-11)10-24-7-5-15(23-24)17(26)22-14-4-3-13(19)12-2-1-6-20-16(12)14/h1-9H,10H2,(H,22,26). The molecule has 0 saturated carbocycles. The van der Waals surface area contributed by atoms with E-state index in [1.54, 1.807) is 34.0 Å². The first-order valence-electron chi connectivity index (χ1n) is 7.66. The largest absolute Gasteiger partial charge is 0.319 e. The molecule has 0 spiro atoms. The molecule has 26 heavy (non-hydrogen) atoms. The number of pyridine rings is 1. The smallest absolute Gasteiger partial charge is 0.276 e. The monoisotopic (exact) mass is 474 g/mol. The van der Waals surface area contributed by atoms with E-state index in [4.69, 9.17) is 0 Å². The summed E-state index contributed by atoms with van der Waals surface area (Å²) >= 11 is 6.85. The van der Waals surface area contributed by atoms with E-state index in [1.807, 2.05) is 30.5 Å². The zero-order valence-electron chi connectivity index (χ0n) is 13.3. The highest BCUT2D eigenvalue weighted by Crippen LogP contribution is 2.28. The van der Waals surface area contributed by atoms with Gasteiger partial charge in [0.1, 0.15) is 6.67 Å². The lowest BCUT2D eigenvalue weighted by molar-refractivity contribution is 0.102. The average Bonchev–Trinajstić information content (AvgIpc) is 3.27. The normalized spacial score (nSPS) is 11.0. The summed E-state index contributed by atoms with van der Waals surface area (Å²) in [6.07, 6.45) is 6.97. The topological polar surface area (TPSA) is 77.6 Å². The van der Waals surface area contributed by atoms with Crippen molar-refractivity contribution in [1.82, 2.24) is 24.5 Å². The van der Waals surface area contributed by atoms with Gasteiger partial charge in [-0.25, -0.2) is 4.68 Å². The second-order valence-corrected chi connectivity index (χ2v) is 7.30. The predicted molar refractivity (Wildman–Crippen MR) is 105 cm³/mol. The molecular weight excluding hydrogens is 464 g/mol. The van der Waals surface area contributed by atoms with Crippen molar-refractivity contribution in [3.05, 3.63) is 69.8 Å². The van der Waals surface area contributed by atoms with Crippen LogP contribution in [0.2, 0.25) is 0 Å². The number of carbonyl (C=O) groups is 1. The van der Waals surface area contributed by atoms with Gasteiger partial charge in [-0.05, 0) is 40.2 Å². The molecule has 4 rings (SSSR count). The minimum atomic E-state index is -0.292. The Morgan fingerprint density at radius 2 is 2.04 bits per heavy atom. The summed E-state index contributed by atoms with van der Waals surface area (Å²) < 4.78 is 5.17. The van der Waals surface area contributed by atoms with Crippen LogP contribution in [0, 0.1) is 0 Å². The first-order chi connectivity index (χ1) is 12.6. The average molecular weight is 476 g/mol. The molecule has 9 heteroatoms. The second kappa shape index (κ2) is 7.00. The van der Waals surface area contributed by atoms with E-state index in [1.165, 1.54) is 0 Å². The van der Waals surface area contributed by atoms with Gasteiger partial charge in [0, 0.05) is 28.4 Å². The first-order valence-corrected chi connectivity index (χ1v) is 9.25. The van der Waals surface area contributed by atoms with Crippen molar-refractivity contribution >= 4 is 54.4 Å². The molecular formula is C17H12Br2N6O. The zero-order valence-corrected chi connectivity index (χ0v) is 16.5. The van der Waals surface area contributed by atoms with Crippen LogP contribution in [0.15, 0.2) is 64.1 Å². The van der Waals surface area contributed by atoms with Gasteiger partial charge in [0.05, 0.1) is 21.9 Å². The van der Waals surface area contributed by atoms with Crippen LogP contribution in [0.1, 0.15) is 10.5 Å². The maximum Gasteiger partial charge on any atom is 0.276 e. The molecule has 7 nitrogen and oxygen atoms in total. The summed E-state index contributed by atoms with van der Waals surface area (Å²) in [7, 11) is 0. The minimum Gasteiger partial charge on any atom is -0.319 e. The Labute approximate surface area is 165 Å². The van der Waals surface area contributed by atoms with Crippen molar-refractivity contribution in [2.24, 2.45) is 0 Å². The molecule has 0 unspecified atom stereocenters. The molecule has 3 aromatic heterocycles. The number of benzene rings is 1. The molecule has 1 amide bonds. The van der Waals surface area contributed by atoms with Gasteiger partial charge < -0.3 is 5.32 Å². The Morgan fingerprint density at radius 3 is 2.85 bits per heavy atom. The fourth-order valence-corrected chi connectivity index (χ4v) is 3.33. The maximum atomic E-state index is 12.6. The van der Waals surface area contributed by atoms with E-state index in [9.17, 15) is 4.79 Å². The maximum absolute atomic E-state index is 12.6. The lowest BCUT2D eigenvalue weighted by Gasteiger charge is -2.08. The van der Waals surface area contributed by atoms with Gasteiger partial charge in [0.15, 0.2) is 5.69 Å². The van der Waals surface area contributed by atoms with Crippen molar-refractivity contribution in [3.63, 3.8) is 0 Å². The van der Waals surface area contributed by atoms with Crippen LogP contribution in [0.5, 0.6) is 0 Å². The SMILES string of the molecule is O=C(Nc1ccc(Br)c2cccnc12)c1ccn(Cn2cc(Br)cn2)n1. The molecule has 1 N–H and O–H groups in total. The Hall–Kier alpha value is -2.52. The Balaban J connectivity index is 1.55. The van der Waals surface area contributed by atoms with Gasteiger partial charge in [0.2, 0.25) is 0 Å². The van der Waals surface area contributed by atoms with Gasteiger partial charge in [-0.15, -0.1) is 0 Å². The lowest BCUT2D eigenvalue weighted by atomic mass is 10.2. The molecule has 4 aromatic rings. The third-order valence-electron chi connectivity index (χ3n) is 3.73. The Bertz CT molecular complexity index is 1100. The number of rotatable bonds is 4. The fraction of sp³-hybridized carbons (Fsp3) is 0.0588. The molecule has 0 bridgehead atoms. The third kappa shape index (κ3) is 3.40. The number of anilines is 1. The Morgan fingerprint density at radius 1 is 1.15 bits per heavy atom. The summed E-state index contributed by atoms with van der Waals surface area (Å²) in [5, 5.41) is 12.3. The van der Waals surface area contributed by atoms with Crippen molar-refractivity contribution in [3.8, 4) is 0 Å². The molecule has 0 radical (unpaired) electrons. The van der Waals surface area contributed by atoms with Crippen molar-refractivity contribution in [2.45, 2.75) is 6.67 Å². The van der Waals surface area contributed by atoms with Crippen molar-refractivity contribution < 1.29 is 4.79 Å². The number of nitrogens with one attached hydrogen (secondary N) is 1. The van der Waals surface area contributed by atoms with Gasteiger partial charge in [-0.2, -0.15) is 10.2 Å². The van der Waals surface area contributed by atoms with Gasteiger partial charge in [0.25, 0.3) is 5.91 Å². The molecule has 130 valence electrons. The minimum absolute atomic E-state index is 0.292. The molecule has 0 aliphatic carbocycles. The van der Waals surface area contributed by atoms with E-state index >= 15 is 0 Å². The summed E-state index contributed by atoms with van der Waals surface area (Å²) in [6, 6.07) is 9.17. The molecule has 3 heterocycles. The number of fused-ring (bicyclic) bond motifs is 1. The van der Waals surface area contributed by atoms with Gasteiger partial charge >= 0.3 is 0 Å². The number of aromatic nitrogens is 5. The number of hydrogen-bond donors (Lipinski definition) is 1. The highest BCUT2D eigenvalue weighted by Gasteiger charge is 2.13. The third-order valence-corrected chi connectivity index (χ3v) is 4.83. The number of nitrogens with zero attached hydrogens (tertiary/aromatic N) is 5. The Kier molecular flexibility index (Phi) is 4.56. The van der Waals surface area contributed by atoms with E-state index in [0.29, 0.717) is 18.1 Å². The molecule has 0 saturated heterocycles. The zero-order chi connectivity index (χ0) is 18.1. The summed E-state index contributed by atoms with van der Waals surface area (Å²) in [6.45, 7) is 0.418. The van der Waals surface area contributed by atoms with Crippen LogP contribution in [-0.2, 0) is 6.67 Å². The highest BCUT2D eigenvalue weighted by atomic mass is 79.9. The summed E-state index contributed by atoms with van der Waals surface area (Å²) in [4.78, 5) is 16.9. The highest BCUT2D eigenvalue weighted by molar-refractivity contribution is 9.11. The predicted octanol–water partition coefficient (Wildman–Crippen LogP) is 3.91. The van der Waals surface area contributed by atoms with E-state index in [-0.39, 0.29) is 5.91 Å². The summed E-state index contributed by atoms with van der Waals surface area (Å²) in [5.41, 5.74) is 1.68. The van der Waals surface area contributed by atoms with Crippen LogP contribution in [-0.4, -0.2) is 30.5 Å². The molecule has 0 aliphatic rings. The van der Waals surface area contributed by atoms with Crippen LogP contribution < -0.4 is 5.32 Å². The van der Waals surface area contributed by atoms with E-state index in [0.717, 1.165) is 19.8 Å². The lowest BCUT2D eigenvalue weighted by Crippen LogP contribution is -2.15. The molecule has 1 aromatic carbocycles. The van der Waals surface area contributed by atoms with E-state index in [2.05, 4.69) is 52.4 Å². The van der Waals surface area contributed by atoms with Crippen molar-refractivity contribution in [1.29, 1.82) is 0 Å². The number of hydrogen-bond acceptors (Lipinski definition) is 4. The number of carbonyl (C=O) groups excluding carboxylic acids is 1. The quantitative estimate of drug-likeness (QED) is 0.485. The second-order valence-electron chi connectivity index (χ2n) is 5.53. The van der Waals surface area contributed by atoms with Crippen LogP contribution in [0.3, 0.4) is 0 Å². The van der Waals surface area contributed by atoms with Crippen LogP contribution in [0.25, 0.3) is 10.9 Å². The van der Waals surface area contributed by atoms with Crippen LogP contribution >= 0.6 is 31.9 Å². The van der Waals surface area contributed by atoms with Crippen molar-refractivity contribution in [2.75, 3.05) is 5.32 Å². The fourth-order valence-electron chi connectivity index (χ4n) is 2.55.